The predicted octanol–water partition coefficient (Wildman–Crippen LogP) is 2.95. The summed E-state index contributed by atoms with van der Waals surface area (Å²) in [5, 5.41) is 13.3. The highest BCUT2D eigenvalue weighted by atomic mass is 32.2. The summed E-state index contributed by atoms with van der Waals surface area (Å²) in [5.74, 6) is -0.156. The number of nitriles is 1. The summed E-state index contributed by atoms with van der Waals surface area (Å²) in [6.45, 7) is 1.16. The summed E-state index contributed by atoms with van der Waals surface area (Å²) in [7, 11) is -3.34. The monoisotopic (exact) mass is 437 g/mol. The fourth-order valence-electron chi connectivity index (χ4n) is 3.98. The van der Waals surface area contributed by atoms with Gasteiger partial charge in [-0.1, -0.05) is 12.1 Å². The standard InChI is InChI=1S/C22H23N5O3S/c1-31(29,30)17-6-2-4-15(12-17)19-13-25-22-18(8-10-24-22)21(19)26-16-5-3-11-27(14-16)20(28)7-9-23/h2,4,6,8,10,12-13,16H,3,5,7,11,14H2,1H3,(H2,24,25,26). The molecular weight excluding hydrogens is 414 g/mol. The zero-order valence-electron chi connectivity index (χ0n) is 17.1. The highest BCUT2D eigenvalue weighted by Gasteiger charge is 2.25. The number of hydrogen-bond acceptors (Lipinski definition) is 6. The van der Waals surface area contributed by atoms with Crippen LogP contribution in [0.3, 0.4) is 0 Å². The maximum absolute atomic E-state index is 12.2. The number of aromatic nitrogens is 2. The van der Waals surface area contributed by atoms with E-state index in [1.165, 1.54) is 6.26 Å². The molecule has 1 amide bonds. The van der Waals surface area contributed by atoms with Gasteiger partial charge in [-0.05, 0) is 36.6 Å². The number of hydrogen-bond donors (Lipinski definition) is 2. The SMILES string of the molecule is CS(=O)(=O)c1cccc(-c2cnc3[nH]ccc3c2NC2CCCN(C(=O)CC#N)C2)c1. The summed E-state index contributed by atoms with van der Waals surface area (Å²) in [4.78, 5) is 21.8. The van der Waals surface area contributed by atoms with Crippen LogP contribution >= 0.6 is 0 Å². The molecule has 1 atom stereocenters. The maximum atomic E-state index is 12.2. The molecule has 2 aromatic heterocycles. The van der Waals surface area contributed by atoms with Crippen LogP contribution in [0.1, 0.15) is 19.3 Å². The van der Waals surface area contributed by atoms with Crippen molar-refractivity contribution in [3.63, 3.8) is 0 Å². The van der Waals surface area contributed by atoms with E-state index in [0.29, 0.717) is 13.1 Å². The molecule has 8 nitrogen and oxygen atoms in total. The van der Waals surface area contributed by atoms with Crippen molar-refractivity contribution < 1.29 is 13.2 Å². The van der Waals surface area contributed by atoms with E-state index in [1.54, 1.807) is 29.3 Å². The highest BCUT2D eigenvalue weighted by Crippen LogP contribution is 2.35. The number of likely N-dealkylation sites (tertiary alicyclic amines) is 1. The third kappa shape index (κ3) is 4.39. The largest absolute Gasteiger partial charge is 0.379 e. The molecule has 0 bridgehead atoms. The second-order valence-electron chi connectivity index (χ2n) is 7.74. The first-order valence-electron chi connectivity index (χ1n) is 10.0. The van der Waals surface area contributed by atoms with Crippen LogP contribution in [0.4, 0.5) is 5.69 Å². The number of H-pyrrole nitrogens is 1. The minimum atomic E-state index is -3.34. The molecule has 160 valence electrons. The Bertz CT molecular complexity index is 1280. The van der Waals surface area contributed by atoms with Crippen LogP contribution in [0.25, 0.3) is 22.2 Å². The summed E-state index contributed by atoms with van der Waals surface area (Å²) in [6.07, 6.45) is 6.33. The number of aromatic amines is 1. The van der Waals surface area contributed by atoms with Gasteiger partial charge in [0.2, 0.25) is 5.91 Å². The van der Waals surface area contributed by atoms with E-state index in [4.69, 9.17) is 5.26 Å². The summed E-state index contributed by atoms with van der Waals surface area (Å²) >= 11 is 0. The van der Waals surface area contributed by atoms with Crippen LogP contribution in [0.5, 0.6) is 0 Å². The fraction of sp³-hybridized carbons (Fsp3) is 0.318. The predicted molar refractivity (Wildman–Crippen MR) is 118 cm³/mol. The molecule has 2 N–H and O–H groups in total. The number of pyridine rings is 1. The summed E-state index contributed by atoms with van der Waals surface area (Å²) in [5.41, 5.74) is 3.10. The number of nitrogens with zero attached hydrogens (tertiary/aromatic N) is 3. The molecule has 1 aliphatic rings. The van der Waals surface area contributed by atoms with Crippen molar-refractivity contribution >= 4 is 32.5 Å². The Morgan fingerprint density at radius 1 is 1.39 bits per heavy atom. The van der Waals surface area contributed by atoms with Gasteiger partial charge in [-0.2, -0.15) is 5.26 Å². The number of rotatable bonds is 5. The van der Waals surface area contributed by atoms with Crippen molar-refractivity contribution in [2.24, 2.45) is 0 Å². The fourth-order valence-corrected chi connectivity index (χ4v) is 4.65. The van der Waals surface area contributed by atoms with Crippen molar-refractivity contribution in [1.29, 1.82) is 5.26 Å². The normalized spacial score (nSPS) is 16.8. The molecule has 31 heavy (non-hydrogen) atoms. The summed E-state index contributed by atoms with van der Waals surface area (Å²) in [6, 6.07) is 10.7. The molecule has 3 heterocycles. The molecule has 1 aliphatic heterocycles. The molecule has 1 unspecified atom stereocenters. The minimum Gasteiger partial charge on any atom is -0.379 e. The van der Waals surface area contributed by atoms with Crippen LogP contribution in [-0.2, 0) is 14.6 Å². The number of piperidine rings is 1. The van der Waals surface area contributed by atoms with E-state index in [0.717, 1.165) is 40.7 Å². The maximum Gasteiger partial charge on any atom is 0.236 e. The topological polar surface area (TPSA) is 119 Å². The molecule has 0 saturated carbocycles. The van der Waals surface area contributed by atoms with Gasteiger partial charge in [0.1, 0.15) is 12.1 Å². The lowest BCUT2D eigenvalue weighted by Crippen LogP contribution is -2.45. The lowest BCUT2D eigenvalue weighted by atomic mass is 10.0. The number of fused-ring (bicyclic) bond motifs is 1. The van der Waals surface area contributed by atoms with Gasteiger partial charge in [-0.25, -0.2) is 13.4 Å². The summed E-state index contributed by atoms with van der Waals surface area (Å²) < 4.78 is 24.1. The molecule has 9 heteroatoms. The van der Waals surface area contributed by atoms with Gasteiger partial charge in [0.05, 0.1) is 16.7 Å². The van der Waals surface area contributed by atoms with Crippen molar-refractivity contribution in [2.75, 3.05) is 24.7 Å². The van der Waals surface area contributed by atoms with E-state index in [1.807, 2.05) is 24.4 Å². The van der Waals surface area contributed by atoms with Gasteiger partial charge >= 0.3 is 0 Å². The molecule has 0 radical (unpaired) electrons. The molecule has 0 aliphatic carbocycles. The van der Waals surface area contributed by atoms with Crippen molar-refractivity contribution in [1.82, 2.24) is 14.9 Å². The van der Waals surface area contributed by atoms with Gasteiger partial charge in [0, 0.05) is 48.7 Å². The Balaban J connectivity index is 1.72. The number of benzene rings is 1. The lowest BCUT2D eigenvalue weighted by Gasteiger charge is -2.34. The van der Waals surface area contributed by atoms with Crippen LogP contribution in [-0.4, -0.2) is 54.6 Å². The van der Waals surface area contributed by atoms with Gasteiger partial charge in [0.15, 0.2) is 9.84 Å². The lowest BCUT2D eigenvalue weighted by molar-refractivity contribution is -0.131. The molecule has 1 fully saturated rings. The van der Waals surface area contributed by atoms with Crippen LogP contribution in [0.15, 0.2) is 47.6 Å². The van der Waals surface area contributed by atoms with Crippen LogP contribution in [0.2, 0.25) is 0 Å². The van der Waals surface area contributed by atoms with E-state index in [9.17, 15) is 13.2 Å². The first kappa shape index (κ1) is 20.9. The highest BCUT2D eigenvalue weighted by molar-refractivity contribution is 7.90. The zero-order chi connectivity index (χ0) is 22.0. The first-order chi connectivity index (χ1) is 14.9. The number of carbonyl (C=O) groups is 1. The number of anilines is 1. The molecule has 4 rings (SSSR count). The van der Waals surface area contributed by atoms with Crippen molar-refractivity contribution in [3.8, 4) is 17.2 Å². The molecular formula is C22H23N5O3S. The minimum absolute atomic E-state index is 0.00809. The Morgan fingerprint density at radius 2 is 2.23 bits per heavy atom. The number of amides is 1. The molecule has 0 spiro atoms. The Kier molecular flexibility index (Phi) is 5.65. The Labute approximate surface area is 180 Å². The van der Waals surface area contributed by atoms with E-state index in [-0.39, 0.29) is 23.3 Å². The van der Waals surface area contributed by atoms with E-state index < -0.39 is 9.84 Å². The van der Waals surface area contributed by atoms with Crippen LogP contribution < -0.4 is 5.32 Å². The molecule has 1 saturated heterocycles. The third-order valence-electron chi connectivity index (χ3n) is 5.51. The van der Waals surface area contributed by atoms with Gasteiger partial charge in [-0.15, -0.1) is 0 Å². The van der Waals surface area contributed by atoms with Gasteiger partial charge in [-0.3, -0.25) is 4.79 Å². The number of carbonyl (C=O) groups excluding carboxylic acids is 1. The van der Waals surface area contributed by atoms with Gasteiger partial charge in [0.25, 0.3) is 0 Å². The second kappa shape index (κ2) is 8.40. The van der Waals surface area contributed by atoms with Gasteiger partial charge < -0.3 is 15.2 Å². The van der Waals surface area contributed by atoms with E-state index >= 15 is 0 Å². The van der Waals surface area contributed by atoms with Crippen molar-refractivity contribution in [3.05, 3.63) is 42.7 Å². The number of nitrogens with one attached hydrogen (secondary N) is 2. The average Bonchev–Trinajstić information content (AvgIpc) is 3.23. The molecule has 3 aromatic rings. The third-order valence-corrected chi connectivity index (χ3v) is 6.62. The van der Waals surface area contributed by atoms with Crippen molar-refractivity contribution in [2.45, 2.75) is 30.2 Å². The first-order valence-corrected chi connectivity index (χ1v) is 11.9. The average molecular weight is 438 g/mol. The number of sulfone groups is 1. The van der Waals surface area contributed by atoms with E-state index in [2.05, 4.69) is 15.3 Å². The Hall–Kier alpha value is -3.38. The molecule has 1 aromatic carbocycles. The quantitative estimate of drug-likeness (QED) is 0.633. The smallest absolute Gasteiger partial charge is 0.236 e. The second-order valence-corrected chi connectivity index (χ2v) is 9.76. The zero-order valence-corrected chi connectivity index (χ0v) is 17.9. The Morgan fingerprint density at radius 3 is 3.00 bits per heavy atom. The van der Waals surface area contributed by atoms with Crippen LogP contribution in [0, 0.1) is 11.3 Å².